The summed E-state index contributed by atoms with van der Waals surface area (Å²) in [5.74, 6) is -1.17. The fraction of sp³-hybridized carbons (Fsp3) is 0.222. The van der Waals surface area contributed by atoms with Gasteiger partial charge in [0.1, 0.15) is 18.7 Å². The van der Waals surface area contributed by atoms with Crippen LogP contribution in [0.1, 0.15) is 16.7 Å². The number of aryl methyl sites for hydroxylation is 1. The zero-order valence-electron chi connectivity index (χ0n) is 14.5. The topological polar surface area (TPSA) is 92.8 Å². The first kappa shape index (κ1) is 16.5. The van der Waals surface area contributed by atoms with E-state index in [-0.39, 0.29) is 18.3 Å². The molecular weight excluding hydrogens is 349 g/mol. The van der Waals surface area contributed by atoms with Crippen molar-refractivity contribution in [1.29, 1.82) is 0 Å². The van der Waals surface area contributed by atoms with Crippen LogP contribution in [0.4, 0.5) is 10.1 Å². The van der Waals surface area contributed by atoms with E-state index in [1.54, 1.807) is 23.1 Å². The van der Waals surface area contributed by atoms with Crippen LogP contribution < -0.4 is 31.9 Å². The van der Waals surface area contributed by atoms with E-state index in [2.05, 4.69) is 32.0 Å². The number of hydrogen-bond donors (Lipinski definition) is 5. The zero-order chi connectivity index (χ0) is 18.6. The van der Waals surface area contributed by atoms with Crippen molar-refractivity contribution in [2.75, 3.05) is 11.4 Å². The smallest absolute Gasteiger partial charge is 0.251 e. The monoisotopic (exact) mass is 367 g/mol. The van der Waals surface area contributed by atoms with Crippen molar-refractivity contribution in [2.24, 2.45) is 4.99 Å². The first-order valence-electron chi connectivity index (χ1n) is 8.63. The molecule has 2 fully saturated rings. The molecule has 1 amide bonds. The highest BCUT2D eigenvalue weighted by Gasteiger charge is 2.52. The van der Waals surface area contributed by atoms with Crippen molar-refractivity contribution >= 4 is 17.3 Å². The van der Waals surface area contributed by atoms with Crippen LogP contribution in [-0.2, 0) is 4.79 Å². The summed E-state index contributed by atoms with van der Waals surface area (Å²) in [5, 5.41) is 6.45. The summed E-state index contributed by atoms with van der Waals surface area (Å²) < 4.78 is 14.5. The van der Waals surface area contributed by atoms with Gasteiger partial charge in [0.25, 0.3) is 5.91 Å². The quantitative estimate of drug-likeness (QED) is 0.514. The molecule has 0 radical (unpaired) electrons. The van der Waals surface area contributed by atoms with Crippen LogP contribution in [-0.4, -0.2) is 30.4 Å². The van der Waals surface area contributed by atoms with E-state index in [0.717, 1.165) is 11.1 Å². The highest BCUT2D eigenvalue weighted by atomic mass is 19.1. The molecule has 0 bridgehead atoms. The molecule has 3 heterocycles. The molecule has 2 aromatic carbocycles. The first-order chi connectivity index (χ1) is 13.1. The van der Waals surface area contributed by atoms with Gasteiger partial charge in [-0.2, -0.15) is 16.4 Å². The molecule has 2 aromatic rings. The Balaban J connectivity index is 1.59. The maximum absolute atomic E-state index is 14.5. The van der Waals surface area contributed by atoms with Crippen LogP contribution in [0, 0.1) is 12.7 Å². The number of benzodiazepines with no additional fused rings is 1. The minimum absolute atomic E-state index is 0.0661. The van der Waals surface area contributed by atoms with Crippen LogP contribution >= 0.6 is 0 Å². The van der Waals surface area contributed by atoms with Crippen molar-refractivity contribution in [2.45, 2.75) is 19.1 Å². The van der Waals surface area contributed by atoms with Gasteiger partial charge in [-0.15, -0.1) is 0 Å². The second-order valence-corrected chi connectivity index (χ2v) is 6.75. The Bertz CT molecular complexity index is 964. The second kappa shape index (κ2) is 5.91. The number of halogens is 1. The summed E-state index contributed by atoms with van der Waals surface area (Å²) in [6.07, 6.45) is -0.420. The number of aliphatic imine (C=N–C) groups is 1. The van der Waals surface area contributed by atoms with Gasteiger partial charge in [-0.05, 0) is 31.2 Å². The number of carbonyl (C=O) groups is 1. The molecule has 2 saturated heterocycles. The van der Waals surface area contributed by atoms with Gasteiger partial charge in [-0.25, -0.2) is 15.0 Å². The second-order valence-electron chi connectivity index (χ2n) is 6.75. The summed E-state index contributed by atoms with van der Waals surface area (Å²) >= 11 is 0. The number of fused-ring (bicyclic) bond motifs is 1. The normalized spacial score (nSPS) is 21.2. The lowest BCUT2D eigenvalue weighted by molar-refractivity contribution is -0.126. The Labute approximate surface area is 154 Å². The van der Waals surface area contributed by atoms with E-state index in [0.29, 0.717) is 17.0 Å². The Morgan fingerprint density at radius 1 is 1.15 bits per heavy atom. The van der Waals surface area contributed by atoms with Crippen LogP contribution in [0.15, 0.2) is 47.5 Å². The predicted octanol–water partition coefficient (Wildman–Crippen LogP) is 0.0182. The number of nitrogens with one attached hydrogen (secondary N) is 5. The summed E-state index contributed by atoms with van der Waals surface area (Å²) in [6, 6.07) is 12.2. The molecule has 0 aromatic heterocycles. The number of anilines is 1. The number of rotatable bonds is 2. The highest BCUT2D eigenvalue weighted by Crippen LogP contribution is 2.31. The molecule has 1 spiro atoms. The van der Waals surface area contributed by atoms with Crippen molar-refractivity contribution in [3.05, 3.63) is 65.0 Å². The summed E-state index contributed by atoms with van der Waals surface area (Å²) in [4.78, 5) is 19.0. The molecule has 8 nitrogen and oxygen atoms in total. The summed E-state index contributed by atoms with van der Waals surface area (Å²) in [7, 11) is 0. The minimum atomic E-state index is -0.628. The molecule has 27 heavy (non-hydrogen) atoms. The van der Waals surface area contributed by atoms with Crippen molar-refractivity contribution in [3.8, 4) is 0 Å². The number of hydrazine groups is 2. The van der Waals surface area contributed by atoms with Crippen molar-refractivity contribution < 1.29 is 9.18 Å². The van der Waals surface area contributed by atoms with Gasteiger partial charge in [0.2, 0.25) is 5.91 Å². The largest absolute Gasteiger partial charge is 0.281 e. The standard InChI is InChI=1S/C18H18FN7O/c1-10-6-7-14-12(8-10)16(11-4-2-3-5-13(11)19)20-9-15(27)26(14)17-21-18(22-17)23-25-24-18/h2-8,17,21-25H,9H2,1H3. The SMILES string of the molecule is Cc1ccc2c(c1)C(c1ccccc1F)=NCC(=O)N2C1NC2(NNN2)N1. The molecule has 5 rings (SSSR count). The van der Waals surface area contributed by atoms with E-state index in [1.807, 2.05) is 25.1 Å². The van der Waals surface area contributed by atoms with E-state index in [9.17, 15) is 9.18 Å². The van der Waals surface area contributed by atoms with Crippen molar-refractivity contribution in [3.63, 3.8) is 0 Å². The third-order valence-electron chi connectivity index (χ3n) is 4.90. The fourth-order valence-corrected chi connectivity index (χ4v) is 3.53. The molecule has 3 aliphatic heterocycles. The molecule has 3 aliphatic rings. The van der Waals surface area contributed by atoms with E-state index in [1.165, 1.54) is 6.07 Å². The summed E-state index contributed by atoms with van der Waals surface area (Å²) in [5.41, 5.74) is 11.9. The highest BCUT2D eigenvalue weighted by molar-refractivity contribution is 6.19. The van der Waals surface area contributed by atoms with Gasteiger partial charge in [-0.3, -0.25) is 14.7 Å². The number of benzene rings is 2. The van der Waals surface area contributed by atoms with Gasteiger partial charge < -0.3 is 0 Å². The van der Waals surface area contributed by atoms with E-state index in [4.69, 9.17) is 0 Å². The predicted molar refractivity (Wildman–Crippen MR) is 97.8 cm³/mol. The lowest BCUT2D eigenvalue weighted by atomic mass is 9.98. The van der Waals surface area contributed by atoms with Gasteiger partial charge in [0.15, 0.2) is 0 Å². The summed E-state index contributed by atoms with van der Waals surface area (Å²) in [6.45, 7) is 1.89. The van der Waals surface area contributed by atoms with Crippen LogP contribution in [0.2, 0.25) is 0 Å². The Kier molecular flexibility index (Phi) is 3.61. The Hall–Kier alpha value is -2.69. The minimum Gasteiger partial charge on any atom is -0.281 e. The van der Waals surface area contributed by atoms with E-state index >= 15 is 0 Å². The molecule has 0 saturated carbocycles. The number of hydrogen-bond acceptors (Lipinski definition) is 7. The molecule has 0 unspecified atom stereocenters. The molecular formula is C18H18FN7O. The van der Waals surface area contributed by atoms with Crippen LogP contribution in [0.25, 0.3) is 0 Å². The van der Waals surface area contributed by atoms with Gasteiger partial charge >= 0.3 is 0 Å². The average molecular weight is 367 g/mol. The third kappa shape index (κ3) is 2.56. The van der Waals surface area contributed by atoms with Crippen LogP contribution in [0.5, 0.6) is 0 Å². The number of nitrogens with zero attached hydrogens (tertiary/aromatic N) is 2. The Morgan fingerprint density at radius 2 is 1.93 bits per heavy atom. The number of amides is 1. The maximum Gasteiger partial charge on any atom is 0.251 e. The lowest BCUT2D eigenvalue weighted by Gasteiger charge is -2.58. The van der Waals surface area contributed by atoms with E-state index < -0.39 is 12.2 Å². The fourth-order valence-electron chi connectivity index (χ4n) is 3.53. The first-order valence-corrected chi connectivity index (χ1v) is 8.63. The van der Waals surface area contributed by atoms with Crippen LogP contribution in [0.3, 0.4) is 0 Å². The van der Waals surface area contributed by atoms with Crippen molar-refractivity contribution in [1.82, 2.24) is 27.0 Å². The molecule has 0 aliphatic carbocycles. The van der Waals surface area contributed by atoms with Gasteiger partial charge in [-0.1, -0.05) is 23.8 Å². The zero-order valence-corrected chi connectivity index (χ0v) is 14.5. The lowest BCUT2D eigenvalue weighted by Crippen LogP contribution is -3.01. The molecule has 138 valence electrons. The molecule has 0 atom stereocenters. The number of carbonyl (C=O) groups excluding carboxylic acids is 1. The molecule has 9 heteroatoms. The van der Waals surface area contributed by atoms with Gasteiger partial charge in [0.05, 0.1) is 11.4 Å². The Morgan fingerprint density at radius 3 is 2.63 bits per heavy atom. The maximum atomic E-state index is 14.5. The molecule has 5 N–H and O–H groups in total. The average Bonchev–Trinajstić information content (AvgIpc) is 2.71. The third-order valence-corrected chi connectivity index (χ3v) is 4.90. The van der Waals surface area contributed by atoms with Gasteiger partial charge in [0, 0.05) is 11.1 Å².